The third-order valence-corrected chi connectivity index (χ3v) is 4.26. The van der Waals surface area contributed by atoms with E-state index >= 15 is 0 Å². The summed E-state index contributed by atoms with van der Waals surface area (Å²) in [5.41, 5.74) is 0.754. The molecule has 1 aromatic carbocycles. The fraction of sp³-hybridized carbons (Fsp3) is 0.133. The van der Waals surface area contributed by atoms with Crippen molar-refractivity contribution in [1.29, 1.82) is 0 Å². The van der Waals surface area contributed by atoms with E-state index in [2.05, 4.69) is 15.5 Å². The maximum atomic E-state index is 11.9. The molecule has 0 saturated heterocycles. The Morgan fingerprint density at radius 2 is 2.00 bits per heavy atom. The Labute approximate surface area is 141 Å². The Morgan fingerprint density at radius 1 is 1.21 bits per heavy atom. The molecule has 0 aliphatic carbocycles. The molecular formula is C15H13N5O3S. The lowest BCUT2D eigenvalue weighted by Gasteiger charge is -2.04. The Balaban J connectivity index is 1.51. The van der Waals surface area contributed by atoms with Crippen LogP contribution >= 0.6 is 11.8 Å². The van der Waals surface area contributed by atoms with Crippen LogP contribution in [-0.2, 0) is 11.3 Å². The standard InChI is InChI=1S/C15H13N5O3S/c21-15(10-24-12-6-4-11(5-7-12)20(22)23)16-9-14-18-17-13-3-1-2-8-19(13)14/h1-8H,9-10H2,(H,16,21). The quantitative estimate of drug-likeness (QED) is 0.417. The average molecular weight is 343 g/mol. The van der Waals surface area contributed by atoms with E-state index < -0.39 is 4.92 Å². The van der Waals surface area contributed by atoms with Gasteiger partial charge in [0.2, 0.25) is 5.91 Å². The van der Waals surface area contributed by atoms with Crippen molar-refractivity contribution in [3.05, 3.63) is 64.6 Å². The Hall–Kier alpha value is -2.94. The third kappa shape index (κ3) is 3.69. The maximum absolute atomic E-state index is 11.9. The van der Waals surface area contributed by atoms with E-state index in [4.69, 9.17) is 0 Å². The fourth-order valence-electron chi connectivity index (χ4n) is 2.05. The van der Waals surface area contributed by atoms with E-state index in [1.54, 1.807) is 12.1 Å². The van der Waals surface area contributed by atoms with Gasteiger partial charge in [-0.05, 0) is 24.3 Å². The maximum Gasteiger partial charge on any atom is 0.269 e. The predicted molar refractivity (Wildman–Crippen MR) is 88.7 cm³/mol. The van der Waals surface area contributed by atoms with Crippen LogP contribution in [0.5, 0.6) is 0 Å². The van der Waals surface area contributed by atoms with Gasteiger partial charge in [-0.15, -0.1) is 22.0 Å². The minimum absolute atomic E-state index is 0.0301. The van der Waals surface area contributed by atoms with E-state index in [1.165, 1.54) is 23.9 Å². The minimum Gasteiger partial charge on any atom is -0.348 e. The highest BCUT2D eigenvalue weighted by Gasteiger charge is 2.09. The molecule has 24 heavy (non-hydrogen) atoms. The van der Waals surface area contributed by atoms with Crippen LogP contribution in [-0.4, -0.2) is 31.2 Å². The van der Waals surface area contributed by atoms with E-state index in [9.17, 15) is 14.9 Å². The largest absolute Gasteiger partial charge is 0.348 e. The number of aromatic nitrogens is 3. The normalized spacial score (nSPS) is 10.7. The van der Waals surface area contributed by atoms with E-state index in [0.717, 1.165) is 10.5 Å². The van der Waals surface area contributed by atoms with Crippen LogP contribution in [0.25, 0.3) is 5.65 Å². The van der Waals surface area contributed by atoms with Crippen molar-refractivity contribution >= 4 is 29.0 Å². The Morgan fingerprint density at radius 3 is 2.75 bits per heavy atom. The van der Waals surface area contributed by atoms with Crippen LogP contribution in [0.1, 0.15) is 5.82 Å². The number of nitro groups is 1. The van der Waals surface area contributed by atoms with Gasteiger partial charge in [0.15, 0.2) is 11.5 Å². The molecule has 9 heteroatoms. The summed E-state index contributed by atoms with van der Waals surface area (Å²) < 4.78 is 1.81. The second-order valence-electron chi connectivity index (χ2n) is 4.86. The van der Waals surface area contributed by atoms with Crippen LogP contribution in [0.2, 0.25) is 0 Å². The zero-order valence-corrected chi connectivity index (χ0v) is 13.3. The lowest BCUT2D eigenvalue weighted by molar-refractivity contribution is -0.384. The number of carbonyl (C=O) groups is 1. The molecule has 0 bridgehead atoms. The smallest absolute Gasteiger partial charge is 0.269 e. The van der Waals surface area contributed by atoms with Gasteiger partial charge in [-0.3, -0.25) is 19.3 Å². The molecule has 0 unspecified atom stereocenters. The number of nitrogens with zero attached hydrogens (tertiary/aromatic N) is 4. The number of amides is 1. The molecule has 122 valence electrons. The van der Waals surface area contributed by atoms with Crippen molar-refractivity contribution in [2.24, 2.45) is 0 Å². The zero-order valence-electron chi connectivity index (χ0n) is 12.5. The molecular weight excluding hydrogens is 330 g/mol. The first kappa shape index (κ1) is 15.9. The number of non-ortho nitro benzene ring substituents is 1. The van der Waals surface area contributed by atoms with Gasteiger partial charge < -0.3 is 5.32 Å². The average Bonchev–Trinajstić information content (AvgIpc) is 3.01. The first-order chi connectivity index (χ1) is 11.6. The van der Waals surface area contributed by atoms with Crippen molar-refractivity contribution in [1.82, 2.24) is 19.9 Å². The lowest BCUT2D eigenvalue weighted by atomic mass is 10.3. The van der Waals surface area contributed by atoms with Gasteiger partial charge in [0.05, 0.1) is 17.2 Å². The molecule has 0 spiro atoms. The summed E-state index contributed by atoms with van der Waals surface area (Å²) in [6.45, 7) is 0.283. The first-order valence-corrected chi connectivity index (χ1v) is 8.04. The van der Waals surface area contributed by atoms with E-state index in [-0.39, 0.29) is 23.9 Å². The highest BCUT2D eigenvalue weighted by atomic mass is 32.2. The van der Waals surface area contributed by atoms with Crippen molar-refractivity contribution in [2.75, 3.05) is 5.75 Å². The van der Waals surface area contributed by atoms with Gasteiger partial charge in [0, 0.05) is 23.2 Å². The molecule has 2 heterocycles. The summed E-state index contributed by atoms with van der Waals surface area (Å²) in [5, 5.41) is 21.4. The van der Waals surface area contributed by atoms with Crippen molar-refractivity contribution in [3.63, 3.8) is 0 Å². The second-order valence-corrected chi connectivity index (χ2v) is 5.91. The Bertz CT molecular complexity index is 878. The number of thioether (sulfide) groups is 1. The third-order valence-electron chi connectivity index (χ3n) is 3.25. The second kappa shape index (κ2) is 7.09. The molecule has 0 aliphatic rings. The molecule has 3 aromatic rings. The number of nitrogens with one attached hydrogen (secondary N) is 1. The Kier molecular flexibility index (Phi) is 4.71. The van der Waals surface area contributed by atoms with Crippen LogP contribution < -0.4 is 5.32 Å². The van der Waals surface area contributed by atoms with Crippen molar-refractivity contribution in [3.8, 4) is 0 Å². The van der Waals surface area contributed by atoms with Gasteiger partial charge in [-0.2, -0.15) is 0 Å². The van der Waals surface area contributed by atoms with Gasteiger partial charge in [0.25, 0.3) is 5.69 Å². The molecule has 0 aliphatic heterocycles. The number of rotatable bonds is 6. The summed E-state index contributed by atoms with van der Waals surface area (Å²) in [6, 6.07) is 11.7. The summed E-state index contributed by atoms with van der Waals surface area (Å²) >= 11 is 1.31. The number of hydrogen-bond donors (Lipinski definition) is 1. The number of pyridine rings is 1. The van der Waals surface area contributed by atoms with Gasteiger partial charge in [0.1, 0.15) is 0 Å². The first-order valence-electron chi connectivity index (χ1n) is 7.06. The van der Waals surface area contributed by atoms with Crippen LogP contribution in [0.15, 0.2) is 53.6 Å². The van der Waals surface area contributed by atoms with E-state index in [0.29, 0.717) is 5.82 Å². The topological polar surface area (TPSA) is 102 Å². The summed E-state index contributed by atoms with van der Waals surface area (Å²) in [7, 11) is 0. The van der Waals surface area contributed by atoms with Crippen LogP contribution in [0.4, 0.5) is 5.69 Å². The molecule has 0 atom stereocenters. The lowest BCUT2D eigenvalue weighted by Crippen LogP contribution is -2.25. The predicted octanol–water partition coefficient (Wildman–Crippen LogP) is 2.05. The molecule has 1 N–H and O–H groups in total. The highest BCUT2D eigenvalue weighted by Crippen LogP contribution is 2.21. The molecule has 0 fully saturated rings. The van der Waals surface area contributed by atoms with Crippen LogP contribution in [0, 0.1) is 10.1 Å². The highest BCUT2D eigenvalue weighted by molar-refractivity contribution is 8.00. The zero-order chi connectivity index (χ0) is 16.9. The monoisotopic (exact) mass is 343 g/mol. The number of hydrogen-bond acceptors (Lipinski definition) is 6. The molecule has 0 radical (unpaired) electrons. The molecule has 2 aromatic heterocycles. The fourth-order valence-corrected chi connectivity index (χ4v) is 2.78. The SMILES string of the molecule is O=C(CSc1ccc([N+](=O)[O-])cc1)NCc1nnc2ccccn12. The van der Waals surface area contributed by atoms with Gasteiger partial charge in [-0.1, -0.05) is 6.07 Å². The summed E-state index contributed by atoms with van der Waals surface area (Å²) in [6.07, 6.45) is 1.84. The van der Waals surface area contributed by atoms with Crippen molar-refractivity contribution < 1.29 is 9.72 Å². The summed E-state index contributed by atoms with van der Waals surface area (Å²) in [4.78, 5) is 22.9. The van der Waals surface area contributed by atoms with Crippen molar-refractivity contribution in [2.45, 2.75) is 11.4 Å². The molecule has 1 amide bonds. The number of carbonyl (C=O) groups excluding carboxylic acids is 1. The number of nitro benzene ring substituents is 1. The summed E-state index contributed by atoms with van der Waals surface area (Å²) in [5.74, 6) is 0.722. The molecule has 0 saturated carbocycles. The number of fused-ring (bicyclic) bond motifs is 1. The number of benzene rings is 1. The van der Waals surface area contributed by atoms with E-state index in [1.807, 2.05) is 28.8 Å². The molecule has 8 nitrogen and oxygen atoms in total. The van der Waals surface area contributed by atoms with Gasteiger partial charge >= 0.3 is 0 Å². The van der Waals surface area contributed by atoms with Gasteiger partial charge in [-0.25, -0.2) is 0 Å². The molecule has 3 rings (SSSR count). The van der Waals surface area contributed by atoms with Crippen LogP contribution in [0.3, 0.4) is 0 Å². The minimum atomic E-state index is -0.454.